The second-order valence-corrected chi connectivity index (χ2v) is 4.70. The van der Waals surface area contributed by atoms with Crippen molar-refractivity contribution >= 4 is 35.1 Å². The molecule has 0 aromatic rings. The van der Waals surface area contributed by atoms with Crippen LogP contribution in [-0.4, -0.2) is 17.5 Å². The second kappa shape index (κ2) is 8.24. The molecule has 0 rings (SSSR count). The number of primary amides is 2. The molecule has 7 heteroatoms. The van der Waals surface area contributed by atoms with E-state index < -0.39 is 12.7 Å². The van der Waals surface area contributed by atoms with Crippen LogP contribution in [0.5, 0.6) is 0 Å². The summed E-state index contributed by atoms with van der Waals surface area (Å²) in [5.41, 5.74) is 8.50. The van der Waals surface area contributed by atoms with E-state index in [1.165, 1.54) is 0 Å². The van der Waals surface area contributed by atoms with Gasteiger partial charge in [0.05, 0.1) is 6.35 Å². The van der Waals surface area contributed by atoms with Gasteiger partial charge in [-0.25, -0.2) is 4.79 Å². The summed E-state index contributed by atoms with van der Waals surface area (Å²) >= 11 is 10.1. The van der Waals surface area contributed by atoms with Crippen LogP contribution >= 0.6 is 29.1 Å². The molecule has 0 aliphatic carbocycles. The number of halogens is 2. The fourth-order valence-corrected chi connectivity index (χ4v) is 0. The van der Waals surface area contributed by atoms with Crippen molar-refractivity contribution in [2.75, 3.05) is 6.35 Å². The number of nitrogens with two attached hydrogens (primary N) is 2. The van der Waals surface area contributed by atoms with Crippen molar-refractivity contribution in [3.63, 3.8) is 0 Å². The van der Waals surface area contributed by atoms with Crippen LogP contribution in [0.2, 0.25) is 0 Å². The standard InChI is InChI=1S/CH3Cl2OP.CH4N2O/c2-5(3)1-4;2-1(3)4/h4H,1H2;(H4,2,3,4). The van der Waals surface area contributed by atoms with E-state index in [9.17, 15) is 0 Å². The lowest BCUT2D eigenvalue weighted by Crippen LogP contribution is -2.18. The topological polar surface area (TPSA) is 89.3 Å². The second-order valence-electron chi connectivity index (χ2n) is 0.847. The minimum Gasteiger partial charge on any atom is -0.389 e. The zero-order chi connectivity index (χ0) is 7.86. The van der Waals surface area contributed by atoms with Gasteiger partial charge in [-0.05, 0) is 0 Å². The summed E-state index contributed by atoms with van der Waals surface area (Å²) in [6.45, 7) is -1.10. The van der Waals surface area contributed by atoms with Crippen LogP contribution in [0.4, 0.5) is 4.79 Å². The molecule has 0 radical (unpaired) electrons. The molecule has 5 N–H and O–H groups in total. The lowest BCUT2D eigenvalue weighted by Gasteiger charge is -1.83. The summed E-state index contributed by atoms with van der Waals surface area (Å²) < 4.78 is 0. The largest absolute Gasteiger partial charge is 0.389 e. The molecular formula is C2H7Cl2N2O2P. The van der Waals surface area contributed by atoms with Gasteiger partial charge in [-0.2, -0.15) is 0 Å². The molecule has 0 atom stereocenters. The molecule has 0 fully saturated rings. The third-order valence-electron chi connectivity index (χ3n) is 0.107. The fourth-order valence-electron chi connectivity index (χ4n) is 0. The van der Waals surface area contributed by atoms with Crippen molar-refractivity contribution in [2.24, 2.45) is 11.5 Å². The smallest absolute Gasteiger partial charge is 0.309 e. The quantitative estimate of drug-likeness (QED) is 0.536. The Bertz CT molecular complexity index is 77.0. The predicted molar refractivity (Wildman–Crippen MR) is 39.5 cm³/mol. The summed E-state index contributed by atoms with van der Waals surface area (Å²) in [6, 6.07) is -0.833. The summed E-state index contributed by atoms with van der Waals surface area (Å²) in [6.07, 6.45) is -0.0988. The normalized spacial score (nSPS) is 8.00. The average Bonchev–Trinajstić information content (AvgIpc) is 1.65. The molecule has 9 heavy (non-hydrogen) atoms. The van der Waals surface area contributed by atoms with E-state index in [0.29, 0.717) is 0 Å². The molecule has 0 saturated carbocycles. The van der Waals surface area contributed by atoms with Gasteiger partial charge in [0.2, 0.25) is 0 Å². The maximum absolute atomic E-state index is 9.00. The molecular weight excluding hydrogens is 186 g/mol. The van der Waals surface area contributed by atoms with Crippen molar-refractivity contribution in [3.05, 3.63) is 0 Å². The summed E-state index contributed by atoms with van der Waals surface area (Å²) in [4.78, 5) is 9.00. The summed E-state index contributed by atoms with van der Waals surface area (Å²) in [5.74, 6) is 0. The fraction of sp³-hybridized carbons (Fsp3) is 0.500. The van der Waals surface area contributed by atoms with Crippen LogP contribution in [0.3, 0.4) is 0 Å². The van der Waals surface area contributed by atoms with Crippen LogP contribution < -0.4 is 11.5 Å². The van der Waals surface area contributed by atoms with Gasteiger partial charge in [0, 0.05) is 0 Å². The number of urea groups is 1. The number of aliphatic hydroxyl groups is 1. The van der Waals surface area contributed by atoms with Crippen molar-refractivity contribution in [1.29, 1.82) is 0 Å². The highest BCUT2D eigenvalue weighted by molar-refractivity contribution is 8.03. The summed E-state index contributed by atoms with van der Waals surface area (Å²) in [5, 5.41) is 7.91. The third kappa shape index (κ3) is 63.9. The number of carbonyl (C=O) groups is 1. The molecule has 0 saturated heterocycles. The maximum atomic E-state index is 9.00. The van der Waals surface area contributed by atoms with Gasteiger partial charge >= 0.3 is 6.03 Å². The first-order valence-electron chi connectivity index (χ1n) is 1.75. The zero-order valence-corrected chi connectivity index (χ0v) is 6.83. The first kappa shape index (κ1) is 12.0. The van der Waals surface area contributed by atoms with Crippen LogP contribution in [0.25, 0.3) is 0 Å². The highest BCUT2D eigenvalue weighted by Gasteiger charge is 1.88. The molecule has 0 aliphatic heterocycles. The Morgan fingerprint density at radius 1 is 1.56 bits per heavy atom. The number of rotatable bonds is 1. The van der Waals surface area contributed by atoms with Crippen LogP contribution in [0, 0.1) is 0 Å². The molecule has 0 heterocycles. The van der Waals surface area contributed by atoms with Crippen molar-refractivity contribution in [3.8, 4) is 0 Å². The van der Waals surface area contributed by atoms with E-state index >= 15 is 0 Å². The number of hydrogen-bond donors (Lipinski definition) is 3. The Morgan fingerprint density at radius 2 is 1.67 bits per heavy atom. The van der Waals surface area contributed by atoms with Crippen molar-refractivity contribution < 1.29 is 9.90 Å². The third-order valence-corrected chi connectivity index (χ3v) is 0.962. The molecule has 0 unspecified atom stereocenters. The SMILES string of the molecule is NC(N)=O.OCP(Cl)Cl. The Hall–Kier alpha value is 0.240. The Morgan fingerprint density at radius 3 is 1.67 bits per heavy atom. The minimum atomic E-state index is -1.10. The van der Waals surface area contributed by atoms with E-state index in [1.807, 2.05) is 0 Å². The minimum absolute atomic E-state index is 0.0988. The first-order valence-corrected chi connectivity index (χ1v) is 5.09. The number of aliphatic hydroxyl groups excluding tert-OH is 1. The molecule has 0 spiro atoms. The van der Waals surface area contributed by atoms with E-state index in [0.717, 1.165) is 0 Å². The van der Waals surface area contributed by atoms with Gasteiger partial charge in [0.15, 0.2) is 0 Å². The highest BCUT2D eigenvalue weighted by Crippen LogP contribution is 2.44. The molecule has 0 aliphatic rings. The lowest BCUT2D eigenvalue weighted by atomic mass is 11.2. The molecule has 0 bridgehead atoms. The van der Waals surface area contributed by atoms with Gasteiger partial charge in [-0.15, -0.1) is 0 Å². The molecule has 0 aromatic heterocycles. The number of amides is 2. The average molecular weight is 193 g/mol. The number of hydrogen-bond acceptors (Lipinski definition) is 2. The van der Waals surface area contributed by atoms with Gasteiger partial charge < -0.3 is 16.6 Å². The van der Waals surface area contributed by atoms with Gasteiger partial charge in [0.25, 0.3) is 0 Å². The van der Waals surface area contributed by atoms with Gasteiger partial charge in [-0.3, -0.25) is 0 Å². The Balaban J connectivity index is 0. The van der Waals surface area contributed by atoms with Crippen molar-refractivity contribution in [1.82, 2.24) is 0 Å². The Labute approximate surface area is 63.4 Å². The van der Waals surface area contributed by atoms with E-state index in [4.69, 9.17) is 32.4 Å². The zero-order valence-electron chi connectivity index (χ0n) is 4.42. The monoisotopic (exact) mass is 192 g/mol. The van der Waals surface area contributed by atoms with Crippen LogP contribution in [-0.2, 0) is 0 Å². The molecule has 0 aromatic carbocycles. The predicted octanol–water partition coefficient (Wildman–Crippen LogP) is 0.749. The lowest BCUT2D eigenvalue weighted by molar-refractivity contribution is 0.256. The highest BCUT2D eigenvalue weighted by atomic mass is 35.9. The number of carbonyl (C=O) groups excluding carboxylic acids is 1. The molecule has 56 valence electrons. The van der Waals surface area contributed by atoms with Crippen LogP contribution in [0.1, 0.15) is 0 Å². The van der Waals surface area contributed by atoms with Crippen molar-refractivity contribution in [2.45, 2.75) is 0 Å². The summed E-state index contributed by atoms with van der Waals surface area (Å²) in [7, 11) is 0. The van der Waals surface area contributed by atoms with Crippen LogP contribution in [0.15, 0.2) is 0 Å². The van der Waals surface area contributed by atoms with E-state index in [-0.39, 0.29) is 6.35 Å². The van der Waals surface area contributed by atoms with Gasteiger partial charge in [-0.1, -0.05) is 22.5 Å². The molecule has 2 amide bonds. The first-order chi connectivity index (χ1) is 4.00. The maximum Gasteiger partial charge on any atom is 0.309 e. The van der Waals surface area contributed by atoms with E-state index in [2.05, 4.69) is 11.5 Å². The Kier molecular flexibility index (Phi) is 11.0. The molecule has 4 nitrogen and oxygen atoms in total. The van der Waals surface area contributed by atoms with Gasteiger partial charge in [0.1, 0.15) is 6.63 Å². The van der Waals surface area contributed by atoms with E-state index in [1.54, 1.807) is 0 Å².